The number of aryl methyl sites for hydroxylation is 1. The number of carbonyl (C=O) groups is 1. The second-order valence-corrected chi connectivity index (χ2v) is 3.67. The maximum Gasteiger partial charge on any atom is 0.0733 e. The molecule has 0 bridgehead atoms. The SMILES string of the molecule is Cc1cc(C(=O)[O-])c(C)n1C1CC1. The first-order chi connectivity index (χ1) is 6.11. The molecule has 0 aromatic carbocycles. The van der Waals surface area contributed by atoms with Crippen molar-refractivity contribution in [3.8, 4) is 0 Å². The number of aromatic nitrogens is 1. The zero-order valence-corrected chi connectivity index (χ0v) is 7.83. The van der Waals surface area contributed by atoms with Crippen LogP contribution in [0.5, 0.6) is 0 Å². The van der Waals surface area contributed by atoms with Crippen LogP contribution in [0.2, 0.25) is 0 Å². The summed E-state index contributed by atoms with van der Waals surface area (Å²) in [5, 5.41) is 10.7. The van der Waals surface area contributed by atoms with Gasteiger partial charge in [0.15, 0.2) is 0 Å². The number of hydrogen-bond donors (Lipinski definition) is 0. The van der Waals surface area contributed by atoms with Gasteiger partial charge >= 0.3 is 0 Å². The number of aromatic carboxylic acids is 1. The van der Waals surface area contributed by atoms with Crippen LogP contribution < -0.4 is 5.11 Å². The van der Waals surface area contributed by atoms with Gasteiger partial charge in [-0.15, -0.1) is 0 Å². The molecule has 0 N–H and O–H groups in total. The van der Waals surface area contributed by atoms with Crippen molar-refractivity contribution >= 4 is 5.97 Å². The lowest BCUT2D eigenvalue weighted by Crippen LogP contribution is -2.22. The van der Waals surface area contributed by atoms with Gasteiger partial charge in [0.05, 0.1) is 5.97 Å². The van der Waals surface area contributed by atoms with Crippen LogP contribution in [0.15, 0.2) is 6.07 Å². The molecule has 0 atom stereocenters. The number of nitrogens with zero attached hydrogens (tertiary/aromatic N) is 1. The fourth-order valence-corrected chi connectivity index (χ4v) is 1.88. The van der Waals surface area contributed by atoms with Gasteiger partial charge in [-0.1, -0.05) is 0 Å². The average molecular weight is 178 g/mol. The van der Waals surface area contributed by atoms with E-state index >= 15 is 0 Å². The van der Waals surface area contributed by atoms with Gasteiger partial charge < -0.3 is 14.5 Å². The lowest BCUT2D eigenvalue weighted by molar-refractivity contribution is -0.255. The molecule has 0 amide bonds. The van der Waals surface area contributed by atoms with Crippen molar-refractivity contribution in [2.45, 2.75) is 32.7 Å². The molecule has 1 aliphatic carbocycles. The van der Waals surface area contributed by atoms with E-state index in [4.69, 9.17) is 0 Å². The Morgan fingerprint density at radius 3 is 2.54 bits per heavy atom. The molecular formula is C10H12NO2-. The molecule has 1 aliphatic rings. The highest BCUT2D eigenvalue weighted by molar-refractivity contribution is 5.87. The summed E-state index contributed by atoms with van der Waals surface area (Å²) in [5.41, 5.74) is 2.20. The maximum absolute atomic E-state index is 10.7. The second-order valence-electron chi connectivity index (χ2n) is 3.67. The molecule has 3 heteroatoms. The Hall–Kier alpha value is -1.25. The van der Waals surface area contributed by atoms with E-state index in [0.717, 1.165) is 11.4 Å². The predicted molar refractivity (Wildman–Crippen MR) is 46.5 cm³/mol. The zero-order chi connectivity index (χ0) is 9.59. The summed E-state index contributed by atoms with van der Waals surface area (Å²) in [6.07, 6.45) is 2.34. The van der Waals surface area contributed by atoms with E-state index in [1.54, 1.807) is 6.07 Å². The van der Waals surface area contributed by atoms with E-state index in [1.807, 2.05) is 13.8 Å². The number of carboxylic acid groups (broad SMARTS) is 1. The fourth-order valence-electron chi connectivity index (χ4n) is 1.88. The Morgan fingerprint density at radius 1 is 1.54 bits per heavy atom. The summed E-state index contributed by atoms with van der Waals surface area (Å²) in [6.45, 7) is 3.79. The predicted octanol–water partition coefficient (Wildman–Crippen LogP) is 0.803. The molecule has 3 nitrogen and oxygen atoms in total. The summed E-state index contributed by atoms with van der Waals surface area (Å²) in [5.74, 6) is -1.07. The number of carboxylic acids is 1. The van der Waals surface area contributed by atoms with Crippen LogP contribution in [0.25, 0.3) is 0 Å². The molecule has 1 aromatic rings. The second kappa shape index (κ2) is 2.62. The quantitative estimate of drug-likeness (QED) is 0.672. The first-order valence-electron chi connectivity index (χ1n) is 4.51. The first kappa shape index (κ1) is 8.35. The molecule has 2 rings (SSSR count). The summed E-state index contributed by atoms with van der Waals surface area (Å²) in [7, 11) is 0. The molecule has 0 radical (unpaired) electrons. The molecule has 70 valence electrons. The summed E-state index contributed by atoms with van der Waals surface area (Å²) >= 11 is 0. The van der Waals surface area contributed by atoms with Crippen molar-refractivity contribution in [3.05, 3.63) is 23.0 Å². The summed E-state index contributed by atoms with van der Waals surface area (Å²) in [6, 6.07) is 2.23. The first-order valence-corrected chi connectivity index (χ1v) is 4.51. The average Bonchev–Trinajstić information content (AvgIpc) is 2.80. The topological polar surface area (TPSA) is 45.1 Å². The standard InChI is InChI=1S/C10H13NO2/c1-6-5-9(10(12)13)7(2)11(6)8-3-4-8/h5,8H,3-4H2,1-2H3,(H,12,13)/p-1. The van der Waals surface area contributed by atoms with Crippen LogP contribution in [0.3, 0.4) is 0 Å². The largest absolute Gasteiger partial charge is 0.545 e. The van der Waals surface area contributed by atoms with Crippen LogP contribution in [0.1, 0.15) is 40.6 Å². The van der Waals surface area contributed by atoms with Crippen LogP contribution in [-0.4, -0.2) is 10.5 Å². The van der Waals surface area contributed by atoms with Gasteiger partial charge in [0, 0.05) is 23.0 Å². The van der Waals surface area contributed by atoms with Gasteiger partial charge in [-0.25, -0.2) is 0 Å². The van der Waals surface area contributed by atoms with E-state index in [2.05, 4.69) is 4.57 Å². The third-order valence-electron chi connectivity index (χ3n) is 2.62. The van der Waals surface area contributed by atoms with Crippen molar-refractivity contribution in [2.24, 2.45) is 0 Å². The molecule has 0 unspecified atom stereocenters. The van der Waals surface area contributed by atoms with Crippen LogP contribution >= 0.6 is 0 Å². The zero-order valence-electron chi connectivity index (χ0n) is 7.83. The van der Waals surface area contributed by atoms with Gasteiger partial charge in [0.1, 0.15) is 0 Å². The molecular weight excluding hydrogens is 166 g/mol. The van der Waals surface area contributed by atoms with E-state index in [1.165, 1.54) is 12.8 Å². The smallest absolute Gasteiger partial charge is 0.0733 e. The van der Waals surface area contributed by atoms with Crippen LogP contribution in [0, 0.1) is 13.8 Å². The summed E-state index contributed by atoms with van der Waals surface area (Å²) < 4.78 is 2.10. The third-order valence-corrected chi connectivity index (χ3v) is 2.62. The lowest BCUT2D eigenvalue weighted by atomic mass is 10.2. The number of hydrogen-bond acceptors (Lipinski definition) is 2. The normalized spacial score (nSPS) is 16.2. The van der Waals surface area contributed by atoms with Crippen molar-refractivity contribution < 1.29 is 9.90 Å². The number of carbonyl (C=O) groups excluding carboxylic acids is 1. The van der Waals surface area contributed by atoms with E-state index in [-0.39, 0.29) is 0 Å². The minimum absolute atomic E-state index is 0.337. The Labute approximate surface area is 77.0 Å². The lowest BCUT2D eigenvalue weighted by Gasteiger charge is -2.07. The third kappa shape index (κ3) is 1.24. The molecule has 1 saturated carbocycles. The summed E-state index contributed by atoms with van der Waals surface area (Å²) in [4.78, 5) is 10.7. The Balaban J connectivity index is 2.50. The number of rotatable bonds is 2. The van der Waals surface area contributed by atoms with Gasteiger partial charge in [-0.05, 0) is 32.8 Å². The van der Waals surface area contributed by atoms with E-state index in [0.29, 0.717) is 11.6 Å². The van der Waals surface area contributed by atoms with Gasteiger partial charge in [-0.2, -0.15) is 0 Å². The molecule has 1 heterocycles. The molecule has 1 aromatic heterocycles. The molecule has 0 spiro atoms. The van der Waals surface area contributed by atoms with Crippen molar-refractivity contribution in [1.82, 2.24) is 4.57 Å². The molecule has 0 aliphatic heterocycles. The highest BCUT2D eigenvalue weighted by atomic mass is 16.4. The highest BCUT2D eigenvalue weighted by Gasteiger charge is 2.26. The van der Waals surface area contributed by atoms with Gasteiger partial charge in [0.2, 0.25) is 0 Å². The maximum atomic E-state index is 10.7. The fraction of sp³-hybridized carbons (Fsp3) is 0.500. The van der Waals surface area contributed by atoms with E-state index < -0.39 is 5.97 Å². The van der Waals surface area contributed by atoms with E-state index in [9.17, 15) is 9.90 Å². The molecule has 13 heavy (non-hydrogen) atoms. The monoisotopic (exact) mass is 178 g/mol. The van der Waals surface area contributed by atoms with Crippen molar-refractivity contribution in [1.29, 1.82) is 0 Å². The van der Waals surface area contributed by atoms with Crippen molar-refractivity contribution in [2.75, 3.05) is 0 Å². The minimum atomic E-state index is -1.07. The Morgan fingerprint density at radius 2 is 2.15 bits per heavy atom. The van der Waals surface area contributed by atoms with Crippen LogP contribution in [0.4, 0.5) is 0 Å². The van der Waals surface area contributed by atoms with Crippen LogP contribution in [-0.2, 0) is 0 Å². The highest BCUT2D eigenvalue weighted by Crippen LogP contribution is 2.38. The molecule has 1 fully saturated rings. The Bertz CT molecular complexity index is 361. The van der Waals surface area contributed by atoms with Gasteiger partial charge in [-0.3, -0.25) is 0 Å². The van der Waals surface area contributed by atoms with Crippen molar-refractivity contribution in [3.63, 3.8) is 0 Å². The minimum Gasteiger partial charge on any atom is -0.545 e. The Kier molecular flexibility index (Phi) is 1.68. The molecule has 0 saturated heterocycles. The van der Waals surface area contributed by atoms with Gasteiger partial charge in [0.25, 0.3) is 0 Å².